The van der Waals surface area contributed by atoms with E-state index in [0.717, 1.165) is 5.56 Å². The van der Waals surface area contributed by atoms with Crippen LogP contribution in [0.25, 0.3) is 0 Å². The molecule has 3 nitrogen and oxygen atoms in total. The topological polar surface area (TPSA) is 46.3 Å². The lowest BCUT2D eigenvalue weighted by Gasteiger charge is -2.25. The first kappa shape index (κ1) is 12.0. The van der Waals surface area contributed by atoms with Gasteiger partial charge in [-0.25, -0.2) is 0 Å². The summed E-state index contributed by atoms with van der Waals surface area (Å²) >= 11 is 0. The van der Waals surface area contributed by atoms with Gasteiger partial charge in [0.05, 0.1) is 6.42 Å². The molecule has 0 aliphatic heterocycles. The molecule has 0 radical (unpaired) electrons. The molecule has 1 unspecified atom stereocenters. The zero-order valence-electron chi connectivity index (χ0n) is 10.5. The van der Waals surface area contributed by atoms with Crippen LogP contribution >= 0.6 is 0 Å². The molecule has 1 atom stereocenters. The van der Waals surface area contributed by atoms with Crippen LogP contribution < -0.4 is 5.73 Å². The van der Waals surface area contributed by atoms with E-state index in [4.69, 9.17) is 5.73 Å². The lowest BCUT2D eigenvalue weighted by atomic mass is 10.1. The Morgan fingerprint density at radius 1 is 1.47 bits per heavy atom. The number of carbonyl (C=O) groups excluding carboxylic acids is 1. The summed E-state index contributed by atoms with van der Waals surface area (Å²) in [4.78, 5) is 14.0. The van der Waals surface area contributed by atoms with E-state index >= 15 is 0 Å². The van der Waals surface area contributed by atoms with Gasteiger partial charge in [-0.3, -0.25) is 4.79 Å². The van der Waals surface area contributed by atoms with Crippen molar-refractivity contribution in [3.63, 3.8) is 0 Å². The molecule has 0 heterocycles. The van der Waals surface area contributed by atoms with Gasteiger partial charge >= 0.3 is 0 Å². The molecule has 0 spiro atoms. The number of amides is 1. The lowest BCUT2D eigenvalue weighted by molar-refractivity contribution is -0.131. The smallest absolute Gasteiger partial charge is 0.227 e. The number of anilines is 1. The van der Waals surface area contributed by atoms with Crippen LogP contribution in [0.3, 0.4) is 0 Å². The Morgan fingerprint density at radius 3 is 2.71 bits per heavy atom. The number of rotatable bonds is 4. The molecule has 1 aliphatic rings. The minimum atomic E-state index is 0.155. The van der Waals surface area contributed by atoms with E-state index in [0.29, 0.717) is 24.1 Å². The van der Waals surface area contributed by atoms with Crippen molar-refractivity contribution in [2.45, 2.75) is 32.2 Å². The summed E-state index contributed by atoms with van der Waals surface area (Å²) in [5.41, 5.74) is 7.47. The van der Waals surface area contributed by atoms with E-state index in [-0.39, 0.29) is 5.91 Å². The number of likely N-dealkylation sites (N-methyl/N-ethyl adjacent to an activating group) is 1. The van der Waals surface area contributed by atoms with Gasteiger partial charge in [0.2, 0.25) is 5.91 Å². The molecule has 0 bridgehead atoms. The van der Waals surface area contributed by atoms with Crippen LogP contribution in [0.2, 0.25) is 0 Å². The molecule has 1 saturated carbocycles. The van der Waals surface area contributed by atoms with E-state index in [1.54, 1.807) is 0 Å². The van der Waals surface area contributed by atoms with Gasteiger partial charge in [0.25, 0.3) is 0 Å². The maximum absolute atomic E-state index is 12.1. The van der Waals surface area contributed by atoms with Crippen LogP contribution in [0.1, 0.15) is 25.3 Å². The summed E-state index contributed by atoms with van der Waals surface area (Å²) < 4.78 is 0. The quantitative estimate of drug-likeness (QED) is 0.808. The van der Waals surface area contributed by atoms with Crippen molar-refractivity contribution in [1.82, 2.24) is 4.90 Å². The van der Waals surface area contributed by atoms with Crippen molar-refractivity contribution < 1.29 is 4.79 Å². The predicted molar refractivity (Wildman–Crippen MR) is 69.5 cm³/mol. The molecule has 0 saturated heterocycles. The summed E-state index contributed by atoms with van der Waals surface area (Å²) in [6, 6.07) is 7.92. The first-order valence-electron chi connectivity index (χ1n) is 6.18. The second kappa shape index (κ2) is 4.78. The molecule has 1 amide bonds. The fourth-order valence-corrected chi connectivity index (χ4v) is 2.10. The van der Waals surface area contributed by atoms with Crippen molar-refractivity contribution in [2.75, 3.05) is 12.8 Å². The number of carbonyl (C=O) groups is 1. The normalized spacial score (nSPS) is 16.6. The average molecular weight is 232 g/mol. The number of nitrogen functional groups attached to an aromatic ring is 1. The van der Waals surface area contributed by atoms with E-state index in [1.165, 1.54) is 12.8 Å². The van der Waals surface area contributed by atoms with Gasteiger partial charge in [0.1, 0.15) is 0 Å². The third kappa shape index (κ3) is 2.78. The number of benzene rings is 1. The summed E-state index contributed by atoms with van der Waals surface area (Å²) in [5, 5.41) is 0. The summed E-state index contributed by atoms with van der Waals surface area (Å²) in [5.74, 6) is 0.861. The molecule has 1 aliphatic carbocycles. The highest BCUT2D eigenvalue weighted by Gasteiger charge is 2.32. The molecule has 0 aromatic heterocycles. The van der Waals surface area contributed by atoms with Crippen molar-refractivity contribution in [1.29, 1.82) is 0 Å². The molecule has 1 aromatic carbocycles. The van der Waals surface area contributed by atoms with Crippen LogP contribution in [-0.4, -0.2) is 23.9 Å². The van der Waals surface area contributed by atoms with Crippen molar-refractivity contribution >= 4 is 11.6 Å². The van der Waals surface area contributed by atoms with E-state index in [1.807, 2.05) is 36.2 Å². The fraction of sp³-hybridized carbons (Fsp3) is 0.500. The number of para-hydroxylation sites is 1. The van der Waals surface area contributed by atoms with Crippen LogP contribution in [0.4, 0.5) is 5.69 Å². The Hall–Kier alpha value is -1.51. The third-order valence-corrected chi connectivity index (χ3v) is 3.71. The van der Waals surface area contributed by atoms with E-state index < -0.39 is 0 Å². The van der Waals surface area contributed by atoms with Gasteiger partial charge in [-0.15, -0.1) is 0 Å². The number of nitrogens with two attached hydrogens (primary N) is 1. The molecule has 3 heteroatoms. The van der Waals surface area contributed by atoms with Gasteiger partial charge in [0, 0.05) is 18.8 Å². The lowest BCUT2D eigenvalue weighted by Crippen LogP contribution is -2.37. The highest BCUT2D eigenvalue weighted by atomic mass is 16.2. The average Bonchev–Trinajstić information content (AvgIpc) is 3.14. The summed E-state index contributed by atoms with van der Waals surface area (Å²) in [7, 11) is 1.89. The van der Waals surface area contributed by atoms with Gasteiger partial charge in [-0.2, -0.15) is 0 Å². The molecule has 1 fully saturated rings. The number of hydrogen-bond donors (Lipinski definition) is 1. The zero-order valence-corrected chi connectivity index (χ0v) is 10.5. The van der Waals surface area contributed by atoms with Crippen molar-refractivity contribution in [3.05, 3.63) is 29.8 Å². The fourth-order valence-electron chi connectivity index (χ4n) is 2.10. The van der Waals surface area contributed by atoms with Gasteiger partial charge in [0.15, 0.2) is 0 Å². The highest BCUT2D eigenvalue weighted by Crippen LogP contribution is 2.34. The second-order valence-electron chi connectivity index (χ2n) is 4.96. The molecule has 92 valence electrons. The molecular weight excluding hydrogens is 212 g/mol. The number of hydrogen-bond acceptors (Lipinski definition) is 2. The molecule has 2 rings (SSSR count). The second-order valence-corrected chi connectivity index (χ2v) is 4.96. The standard InChI is InChI=1S/C14H20N2O/c1-10(11-7-8-11)16(2)14(17)9-12-5-3-4-6-13(12)15/h3-6,10-11H,7-9,15H2,1-2H3. The predicted octanol–water partition coefficient (Wildman–Crippen LogP) is 2.07. The molecule has 17 heavy (non-hydrogen) atoms. The molecule has 1 aromatic rings. The Labute approximate surface area is 103 Å². The van der Waals surface area contributed by atoms with Gasteiger partial charge in [-0.1, -0.05) is 18.2 Å². The van der Waals surface area contributed by atoms with Crippen LogP contribution in [-0.2, 0) is 11.2 Å². The minimum Gasteiger partial charge on any atom is -0.398 e. The number of nitrogens with zero attached hydrogens (tertiary/aromatic N) is 1. The van der Waals surface area contributed by atoms with Gasteiger partial charge < -0.3 is 10.6 Å². The van der Waals surface area contributed by atoms with Crippen molar-refractivity contribution in [2.24, 2.45) is 5.92 Å². The summed E-state index contributed by atoms with van der Waals surface area (Å²) in [6.07, 6.45) is 2.92. The van der Waals surface area contributed by atoms with E-state index in [9.17, 15) is 4.79 Å². The minimum absolute atomic E-state index is 0.155. The maximum Gasteiger partial charge on any atom is 0.227 e. The van der Waals surface area contributed by atoms with E-state index in [2.05, 4.69) is 6.92 Å². The van der Waals surface area contributed by atoms with Crippen molar-refractivity contribution in [3.8, 4) is 0 Å². The Bertz CT molecular complexity index is 412. The Morgan fingerprint density at radius 2 is 2.12 bits per heavy atom. The monoisotopic (exact) mass is 232 g/mol. The first-order valence-corrected chi connectivity index (χ1v) is 6.18. The largest absolute Gasteiger partial charge is 0.398 e. The third-order valence-electron chi connectivity index (χ3n) is 3.71. The van der Waals surface area contributed by atoms with Crippen LogP contribution in [0.15, 0.2) is 24.3 Å². The highest BCUT2D eigenvalue weighted by molar-refractivity contribution is 5.80. The Kier molecular flexibility index (Phi) is 3.36. The maximum atomic E-state index is 12.1. The molecule has 2 N–H and O–H groups in total. The Balaban J connectivity index is 1.98. The SMILES string of the molecule is CC(C1CC1)N(C)C(=O)Cc1ccccc1N. The molecular formula is C14H20N2O. The van der Waals surface area contributed by atoms with Crippen LogP contribution in [0.5, 0.6) is 0 Å². The summed E-state index contributed by atoms with van der Waals surface area (Å²) in [6.45, 7) is 2.13. The zero-order chi connectivity index (χ0) is 12.4. The first-order chi connectivity index (χ1) is 8.09. The van der Waals surface area contributed by atoms with Crippen LogP contribution in [0, 0.1) is 5.92 Å². The van der Waals surface area contributed by atoms with Gasteiger partial charge in [-0.05, 0) is 37.3 Å².